The van der Waals surface area contributed by atoms with Crippen molar-refractivity contribution < 1.29 is 19.5 Å². The maximum Gasteiger partial charge on any atom is 0.312 e. The lowest BCUT2D eigenvalue weighted by Gasteiger charge is -2.08. The van der Waals surface area contributed by atoms with E-state index in [0.29, 0.717) is 6.54 Å². The zero-order chi connectivity index (χ0) is 9.84. The zero-order valence-corrected chi connectivity index (χ0v) is 6.87. The predicted molar refractivity (Wildman–Crippen MR) is 41.8 cm³/mol. The Labute approximate surface area is 74.3 Å². The van der Waals surface area contributed by atoms with Gasteiger partial charge in [0.05, 0.1) is 6.04 Å². The number of nitrogens with one attached hydrogen (secondary N) is 2. The van der Waals surface area contributed by atoms with E-state index in [9.17, 15) is 14.4 Å². The van der Waals surface area contributed by atoms with E-state index in [1.807, 2.05) is 0 Å². The van der Waals surface area contributed by atoms with Crippen molar-refractivity contribution in [2.24, 2.45) is 0 Å². The molecule has 2 amide bonds. The van der Waals surface area contributed by atoms with Crippen molar-refractivity contribution in [1.82, 2.24) is 10.6 Å². The molecule has 1 saturated heterocycles. The molecule has 0 bridgehead atoms. The van der Waals surface area contributed by atoms with Crippen molar-refractivity contribution in [2.45, 2.75) is 18.9 Å². The molecular formula is C7H10N2O4. The first-order chi connectivity index (χ1) is 6.08. The lowest BCUT2D eigenvalue weighted by Crippen LogP contribution is -2.37. The fourth-order valence-electron chi connectivity index (χ4n) is 1.12. The first-order valence-electron chi connectivity index (χ1n) is 3.86. The van der Waals surface area contributed by atoms with Gasteiger partial charge in [-0.1, -0.05) is 0 Å². The highest BCUT2D eigenvalue weighted by atomic mass is 16.4. The third-order valence-corrected chi connectivity index (χ3v) is 1.65. The van der Waals surface area contributed by atoms with Gasteiger partial charge in [0.15, 0.2) is 0 Å². The van der Waals surface area contributed by atoms with Gasteiger partial charge in [-0.25, -0.2) is 0 Å². The van der Waals surface area contributed by atoms with E-state index in [-0.39, 0.29) is 18.4 Å². The Morgan fingerprint density at radius 1 is 1.62 bits per heavy atom. The monoisotopic (exact) mass is 186 g/mol. The van der Waals surface area contributed by atoms with Gasteiger partial charge in [0.25, 0.3) is 0 Å². The van der Waals surface area contributed by atoms with Crippen LogP contribution in [0, 0.1) is 0 Å². The Bertz CT molecular complexity index is 251. The van der Waals surface area contributed by atoms with Gasteiger partial charge in [0.2, 0.25) is 11.8 Å². The van der Waals surface area contributed by atoms with Crippen LogP contribution < -0.4 is 10.6 Å². The maximum atomic E-state index is 10.9. The van der Waals surface area contributed by atoms with E-state index in [4.69, 9.17) is 5.11 Å². The quantitative estimate of drug-likeness (QED) is 0.466. The van der Waals surface area contributed by atoms with Gasteiger partial charge in [0.1, 0.15) is 6.42 Å². The van der Waals surface area contributed by atoms with Gasteiger partial charge < -0.3 is 15.7 Å². The minimum atomic E-state index is -1.17. The van der Waals surface area contributed by atoms with Gasteiger partial charge in [-0.2, -0.15) is 0 Å². The summed E-state index contributed by atoms with van der Waals surface area (Å²) in [6.07, 6.45) is -0.323. The standard InChI is InChI=1S/C7H10N2O4/c10-5-1-4(3-8-5)9-6(11)2-7(12)13/h4H,1-3H2,(H,8,10)(H,9,11)(H,12,13). The summed E-state index contributed by atoms with van der Waals surface area (Å²) in [6.45, 7) is 0.379. The average Bonchev–Trinajstić information content (AvgIpc) is 2.33. The van der Waals surface area contributed by atoms with E-state index in [2.05, 4.69) is 10.6 Å². The molecule has 0 radical (unpaired) electrons. The SMILES string of the molecule is O=C(O)CC(=O)NC1CNC(=O)C1. The number of carboxylic acid groups (broad SMARTS) is 1. The van der Waals surface area contributed by atoms with Crippen LogP contribution in [-0.4, -0.2) is 35.5 Å². The van der Waals surface area contributed by atoms with Crippen LogP contribution in [0.4, 0.5) is 0 Å². The summed E-state index contributed by atoms with van der Waals surface area (Å²) < 4.78 is 0. The second-order valence-corrected chi connectivity index (χ2v) is 2.84. The van der Waals surface area contributed by atoms with Crippen molar-refractivity contribution in [3.05, 3.63) is 0 Å². The number of hydrogen-bond acceptors (Lipinski definition) is 3. The minimum Gasteiger partial charge on any atom is -0.481 e. The van der Waals surface area contributed by atoms with Crippen molar-refractivity contribution in [3.63, 3.8) is 0 Å². The number of carboxylic acids is 1. The van der Waals surface area contributed by atoms with Crippen molar-refractivity contribution >= 4 is 17.8 Å². The summed E-state index contributed by atoms with van der Waals surface area (Å²) in [6, 6.07) is -0.264. The molecule has 1 unspecified atom stereocenters. The van der Waals surface area contributed by atoms with Crippen molar-refractivity contribution in [2.75, 3.05) is 6.54 Å². The normalized spacial score (nSPS) is 20.9. The molecule has 0 aromatic carbocycles. The summed E-state index contributed by atoms with van der Waals surface area (Å²) in [4.78, 5) is 31.7. The molecule has 1 fully saturated rings. The predicted octanol–water partition coefficient (Wildman–Crippen LogP) is -1.53. The van der Waals surface area contributed by atoms with Crippen LogP contribution in [0.15, 0.2) is 0 Å². The highest BCUT2D eigenvalue weighted by Gasteiger charge is 2.23. The lowest BCUT2D eigenvalue weighted by atomic mass is 10.2. The van der Waals surface area contributed by atoms with Gasteiger partial charge in [-0.15, -0.1) is 0 Å². The summed E-state index contributed by atoms with van der Waals surface area (Å²) in [5.74, 6) is -1.86. The molecule has 1 heterocycles. The zero-order valence-electron chi connectivity index (χ0n) is 6.87. The first kappa shape index (κ1) is 9.50. The first-order valence-corrected chi connectivity index (χ1v) is 3.86. The van der Waals surface area contributed by atoms with E-state index in [1.165, 1.54) is 0 Å². The third kappa shape index (κ3) is 3.10. The highest BCUT2D eigenvalue weighted by Crippen LogP contribution is 1.99. The van der Waals surface area contributed by atoms with Crippen LogP contribution in [0.3, 0.4) is 0 Å². The highest BCUT2D eigenvalue weighted by molar-refractivity contribution is 5.94. The number of carbonyl (C=O) groups excluding carboxylic acids is 2. The number of amides is 2. The van der Waals surface area contributed by atoms with E-state index < -0.39 is 18.3 Å². The van der Waals surface area contributed by atoms with E-state index >= 15 is 0 Å². The van der Waals surface area contributed by atoms with Crippen LogP contribution in [0.5, 0.6) is 0 Å². The molecule has 1 aliphatic rings. The summed E-state index contributed by atoms with van der Waals surface area (Å²) in [7, 11) is 0. The minimum absolute atomic E-state index is 0.124. The Hall–Kier alpha value is -1.59. The van der Waals surface area contributed by atoms with Gasteiger partial charge in [0, 0.05) is 13.0 Å². The molecule has 3 N–H and O–H groups in total. The average molecular weight is 186 g/mol. The van der Waals surface area contributed by atoms with Crippen LogP contribution in [0.25, 0.3) is 0 Å². The number of rotatable bonds is 3. The topological polar surface area (TPSA) is 95.5 Å². The molecule has 0 aromatic rings. The Morgan fingerprint density at radius 2 is 2.31 bits per heavy atom. The van der Waals surface area contributed by atoms with Crippen LogP contribution in [0.1, 0.15) is 12.8 Å². The summed E-state index contributed by atoms with van der Waals surface area (Å²) in [5, 5.41) is 13.2. The second-order valence-electron chi connectivity index (χ2n) is 2.84. The van der Waals surface area contributed by atoms with Crippen LogP contribution >= 0.6 is 0 Å². The molecule has 6 heteroatoms. The molecule has 0 aliphatic carbocycles. The Morgan fingerprint density at radius 3 is 2.77 bits per heavy atom. The molecule has 6 nitrogen and oxygen atoms in total. The Kier molecular flexibility index (Phi) is 2.84. The molecule has 0 saturated carbocycles. The lowest BCUT2D eigenvalue weighted by molar-refractivity contribution is -0.140. The maximum absolute atomic E-state index is 10.9. The molecule has 0 aromatic heterocycles. The number of carbonyl (C=O) groups is 3. The Balaban J connectivity index is 2.28. The molecular weight excluding hydrogens is 176 g/mol. The number of hydrogen-bond donors (Lipinski definition) is 3. The van der Waals surface area contributed by atoms with E-state index in [1.54, 1.807) is 0 Å². The van der Waals surface area contributed by atoms with Gasteiger partial charge >= 0.3 is 5.97 Å². The molecule has 72 valence electrons. The van der Waals surface area contributed by atoms with Crippen molar-refractivity contribution in [1.29, 1.82) is 0 Å². The largest absolute Gasteiger partial charge is 0.481 e. The van der Waals surface area contributed by atoms with Gasteiger partial charge in [-0.05, 0) is 0 Å². The molecule has 1 aliphatic heterocycles. The fraction of sp³-hybridized carbons (Fsp3) is 0.571. The van der Waals surface area contributed by atoms with Crippen molar-refractivity contribution in [3.8, 4) is 0 Å². The molecule has 0 spiro atoms. The number of aliphatic carboxylic acids is 1. The molecule has 13 heavy (non-hydrogen) atoms. The third-order valence-electron chi connectivity index (χ3n) is 1.65. The molecule has 1 atom stereocenters. The van der Waals surface area contributed by atoms with Crippen LogP contribution in [0.2, 0.25) is 0 Å². The fourth-order valence-corrected chi connectivity index (χ4v) is 1.12. The second kappa shape index (κ2) is 3.88. The summed E-state index contributed by atoms with van der Waals surface area (Å²) >= 11 is 0. The van der Waals surface area contributed by atoms with Crippen LogP contribution in [-0.2, 0) is 14.4 Å². The van der Waals surface area contributed by atoms with E-state index in [0.717, 1.165) is 0 Å². The molecule has 1 rings (SSSR count). The summed E-state index contributed by atoms with van der Waals surface area (Å²) in [5.41, 5.74) is 0. The smallest absolute Gasteiger partial charge is 0.312 e. The van der Waals surface area contributed by atoms with Gasteiger partial charge in [-0.3, -0.25) is 14.4 Å².